The van der Waals surface area contributed by atoms with Crippen LogP contribution in [0.5, 0.6) is 11.5 Å². The van der Waals surface area contributed by atoms with Gasteiger partial charge in [-0.3, -0.25) is 9.69 Å². The molecule has 1 aromatic rings. The lowest BCUT2D eigenvalue weighted by Gasteiger charge is -2.29. The number of ether oxygens (including phenoxy) is 2. The van der Waals surface area contributed by atoms with Crippen LogP contribution in [0.2, 0.25) is 0 Å². The fraction of sp³-hybridized carbons (Fsp3) is 0.444. The summed E-state index contributed by atoms with van der Waals surface area (Å²) >= 11 is 9.09. The lowest BCUT2D eigenvalue weighted by atomic mass is 9.94. The van der Waals surface area contributed by atoms with E-state index in [1.54, 1.807) is 14.2 Å². The summed E-state index contributed by atoms with van der Waals surface area (Å²) in [5.74, 6) is 1.39. The van der Waals surface area contributed by atoms with Gasteiger partial charge in [0.1, 0.15) is 4.32 Å². The van der Waals surface area contributed by atoms with Gasteiger partial charge in [-0.15, -0.1) is 0 Å². The van der Waals surface area contributed by atoms with Crippen LogP contribution in [0, 0.1) is 3.57 Å². The van der Waals surface area contributed by atoms with E-state index in [0.717, 1.165) is 22.0 Å². The summed E-state index contributed by atoms with van der Waals surface area (Å²) in [6.45, 7) is 0. The second kappa shape index (κ2) is 8.26. The Labute approximate surface area is 171 Å². The number of halogens is 1. The molecule has 1 saturated heterocycles. The van der Waals surface area contributed by atoms with Crippen molar-refractivity contribution in [3.05, 3.63) is 26.2 Å². The number of thiocarbonyl (C=S) groups is 1. The lowest BCUT2D eigenvalue weighted by molar-refractivity contribution is -0.124. The normalized spacial score (nSPS) is 20.4. The number of hydrogen-bond acceptors (Lipinski definition) is 5. The number of hydrogen-bond donors (Lipinski definition) is 0. The number of thioether (sulfide) groups is 1. The summed E-state index contributed by atoms with van der Waals surface area (Å²) in [5.41, 5.74) is 0.909. The fourth-order valence-electron chi connectivity index (χ4n) is 3.31. The molecule has 7 heteroatoms. The first kappa shape index (κ1) is 19.0. The second-order valence-electron chi connectivity index (χ2n) is 6.08. The van der Waals surface area contributed by atoms with Gasteiger partial charge in [0.15, 0.2) is 11.5 Å². The molecule has 1 amide bonds. The minimum Gasteiger partial charge on any atom is -0.493 e. The predicted octanol–water partition coefficient (Wildman–Crippen LogP) is 4.84. The standard InChI is InChI=1S/C18H20INO3S2/c1-22-14-9-11(8-13(19)16(14)23-2)10-15-17(21)20(18(24)25-15)12-6-4-3-5-7-12/h8-10,12H,3-7H2,1-2H3/b15-10-. The Kier molecular flexibility index (Phi) is 6.27. The van der Waals surface area contributed by atoms with Crippen molar-refractivity contribution in [2.45, 2.75) is 38.1 Å². The van der Waals surface area contributed by atoms with Crippen molar-refractivity contribution in [2.75, 3.05) is 14.2 Å². The van der Waals surface area contributed by atoms with E-state index in [1.165, 1.54) is 31.0 Å². The SMILES string of the molecule is COc1cc(/C=C2\SC(=S)N(C3CCCCC3)C2=O)cc(I)c1OC. The van der Waals surface area contributed by atoms with Crippen LogP contribution in [-0.4, -0.2) is 35.4 Å². The highest BCUT2D eigenvalue weighted by atomic mass is 127. The van der Waals surface area contributed by atoms with Gasteiger partial charge in [0.2, 0.25) is 0 Å². The fourth-order valence-corrected chi connectivity index (χ4v) is 5.55. The number of rotatable bonds is 4. The first-order valence-corrected chi connectivity index (χ1v) is 10.5. The van der Waals surface area contributed by atoms with Crippen molar-refractivity contribution in [1.82, 2.24) is 4.90 Å². The molecular weight excluding hydrogens is 469 g/mol. The van der Waals surface area contributed by atoms with Gasteiger partial charge in [-0.1, -0.05) is 43.2 Å². The predicted molar refractivity (Wildman–Crippen MR) is 114 cm³/mol. The van der Waals surface area contributed by atoms with E-state index in [4.69, 9.17) is 21.7 Å². The van der Waals surface area contributed by atoms with E-state index in [0.29, 0.717) is 20.7 Å². The number of nitrogens with zero attached hydrogens (tertiary/aromatic N) is 1. The zero-order chi connectivity index (χ0) is 18.0. The molecule has 0 atom stereocenters. The van der Waals surface area contributed by atoms with Gasteiger partial charge in [0, 0.05) is 6.04 Å². The van der Waals surface area contributed by atoms with Crippen LogP contribution in [0.1, 0.15) is 37.7 Å². The third-order valence-electron chi connectivity index (χ3n) is 4.52. The maximum Gasteiger partial charge on any atom is 0.266 e. The maximum atomic E-state index is 12.9. The van der Waals surface area contributed by atoms with E-state index in [2.05, 4.69) is 22.6 Å². The molecule has 25 heavy (non-hydrogen) atoms. The molecule has 1 aliphatic carbocycles. The highest BCUT2D eigenvalue weighted by molar-refractivity contribution is 14.1. The molecule has 134 valence electrons. The highest BCUT2D eigenvalue weighted by Gasteiger charge is 2.37. The highest BCUT2D eigenvalue weighted by Crippen LogP contribution is 2.39. The van der Waals surface area contributed by atoms with E-state index < -0.39 is 0 Å². The van der Waals surface area contributed by atoms with Crippen LogP contribution in [0.4, 0.5) is 0 Å². The minimum atomic E-state index is 0.0340. The van der Waals surface area contributed by atoms with Gasteiger partial charge in [0.05, 0.1) is 22.7 Å². The number of methoxy groups -OCH3 is 2. The van der Waals surface area contributed by atoms with Crippen LogP contribution in [0.25, 0.3) is 6.08 Å². The number of carbonyl (C=O) groups is 1. The smallest absolute Gasteiger partial charge is 0.266 e. The zero-order valence-corrected chi connectivity index (χ0v) is 18.0. The number of amides is 1. The summed E-state index contributed by atoms with van der Waals surface area (Å²) in [4.78, 5) is 15.4. The second-order valence-corrected chi connectivity index (χ2v) is 8.92. The first-order valence-electron chi connectivity index (χ1n) is 8.23. The van der Waals surface area contributed by atoms with Crippen molar-refractivity contribution < 1.29 is 14.3 Å². The van der Waals surface area contributed by atoms with Gasteiger partial charge in [-0.25, -0.2) is 0 Å². The van der Waals surface area contributed by atoms with Crippen molar-refractivity contribution in [2.24, 2.45) is 0 Å². The lowest BCUT2D eigenvalue weighted by Crippen LogP contribution is -2.39. The summed E-state index contributed by atoms with van der Waals surface area (Å²) < 4.78 is 12.4. The molecule has 1 aliphatic heterocycles. The van der Waals surface area contributed by atoms with Gasteiger partial charge in [-0.05, 0) is 59.2 Å². The number of carbonyl (C=O) groups excluding carboxylic acids is 1. The van der Waals surface area contributed by atoms with Gasteiger partial charge in [0.25, 0.3) is 5.91 Å². The molecule has 4 nitrogen and oxygen atoms in total. The molecule has 1 aromatic carbocycles. The van der Waals surface area contributed by atoms with Crippen molar-refractivity contribution >= 4 is 62.9 Å². The molecule has 0 radical (unpaired) electrons. The molecule has 0 spiro atoms. The maximum absolute atomic E-state index is 12.9. The molecule has 2 fully saturated rings. The van der Waals surface area contributed by atoms with Gasteiger partial charge >= 0.3 is 0 Å². The summed E-state index contributed by atoms with van der Waals surface area (Å²) in [6.07, 6.45) is 7.60. The largest absolute Gasteiger partial charge is 0.493 e. The minimum absolute atomic E-state index is 0.0340. The molecule has 1 heterocycles. The molecular formula is C18H20INO3S2. The summed E-state index contributed by atoms with van der Waals surface area (Å²) in [7, 11) is 3.23. The Hall–Kier alpha value is -0.800. The molecule has 0 bridgehead atoms. The molecule has 0 unspecified atom stereocenters. The van der Waals surface area contributed by atoms with Crippen LogP contribution < -0.4 is 9.47 Å². The van der Waals surface area contributed by atoms with Crippen molar-refractivity contribution in [3.63, 3.8) is 0 Å². The third kappa shape index (κ3) is 3.98. The van der Waals surface area contributed by atoms with Crippen LogP contribution in [0.15, 0.2) is 17.0 Å². The van der Waals surface area contributed by atoms with E-state index in [9.17, 15) is 4.79 Å². The molecule has 3 rings (SSSR count). The van der Waals surface area contributed by atoms with E-state index in [-0.39, 0.29) is 11.9 Å². The van der Waals surface area contributed by atoms with Crippen molar-refractivity contribution in [1.29, 1.82) is 0 Å². The molecule has 0 aromatic heterocycles. The Morgan fingerprint density at radius 3 is 2.60 bits per heavy atom. The molecule has 0 N–H and O–H groups in total. The average Bonchev–Trinajstić information content (AvgIpc) is 2.88. The first-order chi connectivity index (χ1) is 12.0. The van der Waals surface area contributed by atoms with E-state index >= 15 is 0 Å². The third-order valence-corrected chi connectivity index (χ3v) is 6.65. The van der Waals surface area contributed by atoms with E-state index in [1.807, 2.05) is 23.1 Å². The van der Waals surface area contributed by atoms with Crippen LogP contribution >= 0.6 is 46.6 Å². The quantitative estimate of drug-likeness (QED) is 0.344. The Balaban J connectivity index is 1.88. The molecule has 1 saturated carbocycles. The van der Waals surface area contributed by atoms with Crippen LogP contribution in [-0.2, 0) is 4.79 Å². The summed E-state index contributed by atoms with van der Waals surface area (Å²) in [6, 6.07) is 4.13. The van der Waals surface area contributed by atoms with Gasteiger partial charge < -0.3 is 9.47 Å². The Morgan fingerprint density at radius 1 is 1.24 bits per heavy atom. The summed E-state index contributed by atoms with van der Waals surface area (Å²) in [5, 5.41) is 0. The monoisotopic (exact) mass is 489 g/mol. The van der Waals surface area contributed by atoms with Gasteiger partial charge in [-0.2, -0.15) is 0 Å². The Morgan fingerprint density at radius 2 is 1.96 bits per heavy atom. The van der Waals surface area contributed by atoms with Crippen LogP contribution in [0.3, 0.4) is 0 Å². The van der Waals surface area contributed by atoms with Crippen molar-refractivity contribution in [3.8, 4) is 11.5 Å². The Bertz CT molecular complexity index is 729. The average molecular weight is 489 g/mol. The zero-order valence-electron chi connectivity index (χ0n) is 14.2. The topological polar surface area (TPSA) is 38.8 Å². The number of benzene rings is 1. The molecule has 2 aliphatic rings.